The van der Waals surface area contributed by atoms with E-state index in [1.165, 1.54) is 0 Å². The highest BCUT2D eigenvalue weighted by molar-refractivity contribution is 6.32. The van der Waals surface area contributed by atoms with Crippen LogP contribution in [-0.4, -0.2) is 4.98 Å². The average Bonchev–Trinajstić information content (AvgIpc) is 2.39. The Hall–Kier alpha value is -1.25. The standard InChI is InChI=1S/C14H13Cl2NO/c1-10-3-2-6-17-13(10)9-18-14-5-4-11(8-15)7-12(14)16/h2-7H,8-9H2,1H3. The van der Waals surface area contributed by atoms with Gasteiger partial charge in [0.05, 0.1) is 10.7 Å². The summed E-state index contributed by atoms with van der Waals surface area (Å²) in [5, 5.41) is 0.571. The highest BCUT2D eigenvalue weighted by Gasteiger charge is 2.05. The van der Waals surface area contributed by atoms with Crippen LogP contribution >= 0.6 is 23.2 Å². The van der Waals surface area contributed by atoms with Gasteiger partial charge in [0.15, 0.2) is 0 Å². The van der Waals surface area contributed by atoms with Crippen molar-refractivity contribution < 1.29 is 4.74 Å². The monoisotopic (exact) mass is 281 g/mol. The number of nitrogens with zero attached hydrogens (tertiary/aromatic N) is 1. The van der Waals surface area contributed by atoms with Gasteiger partial charge >= 0.3 is 0 Å². The fourth-order valence-electron chi connectivity index (χ4n) is 1.56. The smallest absolute Gasteiger partial charge is 0.138 e. The average molecular weight is 282 g/mol. The van der Waals surface area contributed by atoms with Gasteiger partial charge in [-0.1, -0.05) is 23.7 Å². The number of halogens is 2. The van der Waals surface area contributed by atoms with Gasteiger partial charge in [0.25, 0.3) is 0 Å². The second-order valence-corrected chi connectivity index (χ2v) is 4.63. The van der Waals surface area contributed by atoms with Crippen molar-refractivity contribution >= 4 is 23.2 Å². The molecule has 0 bridgehead atoms. The summed E-state index contributed by atoms with van der Waals surface area (Å²) in [6.45, 7) is 2.41. The molecule has 2 nitrogen and oxygen atoms in total. The van der Waals surface area contributed by atoms with Crippen molar-refractivity contribution in [3.05, 3.63) is 58.4 Å². The van der Waals surface area contributed by atoms with Gasteiger partial charge in [-0.2, -0.15) is 0 Å². The van der Waals surface area contributed by atoms with Crippen molar-refractivity contribution in [3.8, 4) is 5.75 Å². The van der Waals surface area contributed by atoms with E-state index in [0.717, 1.165) is 16.8 Å². The summed E-state index contributed by atoms with van der Waals surface area (Å²) in [6.07, 6.45) is 1.75. The summed E-state index contributed by atoms with van der Waals surface area (Å²) in [6, 6.07) is 9.46. The number of pyridine rings is 1. The lowest BCUT2D eigenvalue weighted by Gasteiger charge is -2.09. The van der Waals surface area contributed by atoms with Crippen LogP contribution in [-0.2, 0) is 12.5 Å². The molecule has 2 aromatic rings. The van der Waals surface area contributed by atoms with Crippen molar-refractivity contribution in [2.45, 2.75) is 19.4 Å². The zero-order valence-electron chi connectivity index (χ0n) is 9.99. The van der Waals surface area contributed by atoms with Gasteiger partial charge in [-0.05, 0) is 36.2 Å². The summed E-state index contributed by atoms with van der Waals surface area (Å²) in [5.74, 6) is 1.09. The minimum Gasteiger partial charge on any atom is -0.486 e. The number of rotatable bonds is 4. The van der Waals surface area contributed by atoms with Crippen molar-refractivity contribution in [1.82, 2.24) is 4.98 Å². The molecular weight excluding hydrogens is 269 g/mol. The van der Waals surface area contributed by atoms with Crippen LogP contribution in [0.4, 0.5) is 0 Å². The predicted molar refractivity (Wildman–Crippen MR) is 74.3 cm³/mol. The lowest BCUT2D eigenvalue weighted by Crippen LogP contribution is -2.00. The Kier molecular flexibility index (Phi) is 4.45. The van der Waals surface area contributed by atoms with Crippen LogP contribution in [0.25, 0.3) is 0 Å². The van der Waals surface area contributed by atoms with E-state index in [-0.39, 0.29) is 0 Å². The topological polar surface area (TPSA) is 22.1 Å². The van der Waals surface area contributed by atoms with Crippen molar-refractivity contribution in [2.24, 2.45) is 0 Å². The van der Waals surface area contributed by atoms with E-state index < -0.39 is 0 Å². The third kappa shape index (κ3) is 3.15. The van der Waals surface area contributed by atoms with Crippen LogP contribution in [0, 0.1) is 6.92 Å². The van der Waals surface area contributed by atoms with E-state index in [9.17, 15) is 0 Å². The largest absolute Gasteiger partial charge is 0.486 e. The first-order valence-corrected chi connectivity index (χ1v) is 6.49. The Morgan fingerprint density at radius 2 is 2.11 bits per heavy atom. The Morgan fingerprint density at radius 1 is 1.28 bits per heavy atom. The number of aryl methyl sites for hydroxylation is 1. The fourth-order valence-corrected chi connectivity index (χ4v) is 1.98. The number of hydrogen-bond acceptors (Lipinski definition) is 2. The van der Waals surface area contributed by atoms with Crippen LogP contribution in [0.1, 0.15) is 16.8 Å². The van der Waals surface area contributed by atoms with Crippen LogP contribution in [0.3, 0.4) is 0 Å². The molecule has 1 aromatic heterocycles. The van der Waals surface area contributed by atoms with Gasteiger partial charge < -0.3 is 4.74 Å². The first kappa shape index (κ1) is 13.2. The molecule has 0 saturated heterocycles. The Morgan fingerprint density at radius 3 is 2.78 bits per heavy atom. The molecule has 0 aliphatic rings. The predicted octanol–water partition coefficient (Wildman–Crippen LogP) is 4.36. The molecular formula is C14H13Cl2NO. The van der Waals surface area contributed by atoms with Crippen LogP contribution in [0.5, 0.6) is 5.75 Å². The number of benzene rings is 1. The molecule has 0 atom stereocenters. The second kappa shape index (κ2) is 6.07. The van der Waals surface area contributed by atoms with Gasteiger partial charge in [-0.15, -0.1) is 11.6 Å². The highest BCUT2D eigenvalue weighted by atomic mass is 35.5. The molecule has 1 aromatic carbocycles. The molecule has 1 heterocycles. The number of ether oxygens (including phenoxy) is 1. The molecule has 0 aliphatic heterocycles. The first-order chi connectivity index (χ1) is 8.70. The van der Waals surface area contributed by atoms with Gasteiger partial charge in [-0.3, -0.25) is 4.98 Å². The van der Waals surface area contributed by atoms with Crippen molar-refractivity contribution in [1.29, 1.82) is 0 Å². The Bertz CT molecular complexity index is 543. The molecule has 0 aliphatic carbocycles. The summed E-state index contributed by atoms with van der Waals surface area (Å²) >= 11 is 11.8. The zero-order valence-corrected chi connectivity index (χ0v) is 11.5. The quantitative estimate of drug-likeness (QED) is 0.777. The van der Waals surface area contributed by atoms with Gasteiger partial charge in [-0.25, -0.2) is 0 Å². The van der Waals surface area contributed by atoms with Gasteiger partial charge in [0.2, 0.25) is 0 Å². The van der Waals surface area contributed by atoms with E-state index in [2.05, 4.69) is 4.98 Å². The summed E-state index contributed by atoms with van der Waals surface area (Å²) in [4.78, 5) is 4.27. The number of aromatic nitrogens is 1. The third-order valence-corrected chi connectivity index (χ3v) is 3.24. The molecule has 2 rings (SSSR count). The molecule has 4 heteroatoms. The zero-order chi connectivity index (χ0) is 13.0. The van der Waals surface area contributed by atoms with E-state index in [0.29, 0.717) is 23.3 Å². The molecule has 94 valence electrons. The van der Waals surface area contributed by atoms with Crippen molar-refractivity contribution in [2.75, 3.05) is 0 Å². The normalized spacial score (nSPS) is 10.4. The Balaban J connectivity index is 2.09. The number of hydrogen-bond donors (Lipinski definition) is 0. The van der Waals surface area contributed by atoms with E-state index in [4.69, 9.17) is 27.9 Å². The molecule has 18 heavy (non-hydrogen) atoms. The molecule has 0 N–H and O–H groups in total. The molecule has 0 fully saturated rings. The van der Waals surface area contributed by atoms with E-state index in [1.807, 2.05) is 37.3 Å². The van der Waals surface area contributed by atoms with Crippen LogP contribution in [0.2, 0.25) is 5.02 Å². The lowest BCUT2D eigenvalue weighted by atomic mass is 10.2. The summed E-state index contributed by atoms with van der Waals surface area (Å²) in [7, 11) is 0. The van der Waals surface area contributed by atoms with Crippen LogP contribution in [0.15, 0.2) is 36.5 Å². The lowest BCUT2D eigenvalue weighted by molar-refractivity contribution is 0.300. The highest BCUT2D eigenvalue weighted by Crippen LogP contribution is 2.26. The minimum absolute atomic E-state index is 0.409. The minimum atomic E-state index is 0.409. The fraction of sp³-hybridized carbons (Fsp3) is 0.214. The first-order valence-electron chi connectivity index (χ1n) is 5.58. The van der Waals surface area contributed by atoms with Crippen LogP contribution < -0.4 is 4.74 Å². The molecule has 0 unspecified atom stereocenters. The molecule has 0 saturated carbocycles. The molecule has 0 amide bonds. The SMILES string of the molecule is Cc1cccnc1COc1ccc(CCl)cc1Cl. The van der Waals surface area contributed by atoms with E-state index >= 15 is 0 Å². The number of alkyl halides is 1. The third-order valence-electron chi connectivity index (χ3n) is 2.63. The Labute approximate surface area is 117 Å². The summed E-state index contributed by atoms with van der Waals surface area (Å²) in [5.41, 5.74) is 2.99. The molecule has 0 spiro atoms. The van der Waals surface area contributed by atoms with Gasteiger partial charge in [0, 0.05) is 12.1 Å². The van der Waals surface area contributed by atoms with Gasteiger partial charge in [0.1, 0.15) is 12.4 Å². The van der Waals surface area contributed by atoms with E-state index in [1.54, 1.807) is 6.20 Å². The maximum atomic E-state index is 6.11. The van der Waals surface area contributed by atoms with Crippen molar-refractivity contribution in [3.63, 3.8) is 0 Å². The maximum absolute atomic E-state index is 6.11. The summed E-state index contributed by atoms with van der Waals surface area (Å²) < 4.78 is 5.67. The maximum Gasteiger partial charge on any atom is 0.138 e. The molecule has 0 radical (unpaired) electrons. The second-order valence-electron chi connectivity index (χ2n) is 3.95.